The number of H-pyrrole nitrogens is 1. The van der Waals surface area contributed by atoms with E-state index in [2.05, 4.69) is 31.4 Å². The first-order chi connectivity index (χ1) is 10.1. The summed E-state index contributed by atoms with van der Waals surface area (Å²) in [6.45, 7) is 3.96. The molecule has 2 rings (SSSR count). The van der Waals surface area contributed by atoms with Gasteiger partial charge in [0.15, 0.2) is 0 Å². The lowest BCUT2D eigenvalue weighted by Crippen LogP contribution is -2.50. The van der Waals surface area contributed by atoms with Gasteiger partial charge in [-0.05, 0) is 41.8 Å². The second-order valence-electron chi connectivity index (χ2n) is 4.99. The number of piperidine rings is 1. The molecule has 0 aliphatic carbocycles. The van der Waals surface area contributed by atoms with Crippen molar-refractivity contribution >= 4 is 22.0 Å². The van der Waals surface area contributed by atoms with Crippen molar-refractivity contribution in [2.75, 3.05) is 32.8 Å². The molecule has 8 heteroatoms. The van der Waals surface area contributed by atoms with Gasteiger partial charge >= 0.3 is 6.03 Å². The molecule has 0 aromatic carbocycles. The molecule has 118 valence electrons. The number of hydrogen-bond donors (Lipinski definition) is 3. The molecule has 3 N–H and O–H groups in total. The van der Waals surface area contributed by atoms with E-state index in [0.717, 1.165) is 10.3 Å². The number of likely N-dealkylation sites (tertiary alicyclic amines) is 1. The van der Waals surface area contributed by atoms with Gasteiger partial charge in [-0.15, -0.1) is 0 Å². The Labute approximate surface area is 132 Å². The van der Waals surface area contributed by atoms with Crippen molar-refractivity contribution in [3.05, 3.63) is 16.4 Å². The van der Waals surface area contributed by atoms with Crippen molar-refractivity contribution in [2.45, 2.75) is 25.4 Å². The van der Waals surface area contributed by atoms with Crippen LogP contribution in [0.1, 0.15) is 25.5 Å². The van der Waals surface area contributed by atoms with Crippen LogP contribution < -0.4 is 5.32 Å². The predicted octanol–water partition coefficient (Wildman–Crippen LogP) is 1.20. The molecule has 1 aliphatic heterocycles. The number of carbonyl (C=O) groups is 1. The van der Waals surface area contributed by atoms with Gasteiger partial charge < -0.3 is 20.1 Å². The molecule has 1 fully saturated rings. The fraction of sp³-hybridized carbons (Fsp3) is 0.692. The van der Waals surface area contributed by atoms with Gasteiger partial charge in [-0.2, -0.15) is 5.10 Å². The lowest BCUT2D eigenvalue weighted by molar-refractivity contribution is -0.0960. The van der Waals surface area contributed by atoms with E-state index >= 15 is 0 Å². The van der Waals surface area contributed by atoms with Crippen molar-refractivity contribution < 1.29 is 14.6 Å². The fourth-order valence-corrected chi connectivity index (χ4v) is 2.91. The summed E-state index contributed by atoms with van der Waals surface area (Å²) in [5.41, 5.74) is 0.350. The topological polar surface area (TPSA) is 90.5 Å². The van der Waals surface area contributed by atoms with E-state index in [-0.39, 0.29) is 19.2 Å². The number of hydrogen-bond acceptors (Lipinski definition) is 4. The predicted molar refractivity (Wildman–Crippen MR) is 80.9 cm³/mol. The highest BCUT2D eigenvalue weighted by atomic mass is 79.9. The second kappa shape index (κ2) is 7.24. The van der Waals surface area contributed by atoms with Crippen LogP contribution in [0.3, 0.4) is 0 Å². The van der Waals surface area contributed by atoms with Crippen LogP contribution in [0.2, 0.25) is 0 Å². The molecule has 21 heavy (non-hydrogen) atoms. The van der Waals surface area contributed by atoms with Crippen LogP contribution in [0.15, 0.2) is 10.7 Å². The van der Waals surface area contributed by atoms with E-state index in [4.69, 9.17) is 9.84 Å². The first kappa shape index (κ1) is 16.3. The number of urea groups is 1. The number of rotatable bonds is 5. The zero-order chi connectivity index (χ0) is 15.3. The third kappa shape index (κ3) is 3.75. The smallest absolute Gasteiger partial charge is 0.317 e. The summed E-state index contributed by atoms with van der Waals surface area (Å²) in [5, 5.41) is 18.9. The van der Waals surface area contributed by atoms with Crippen LogP contribution in [0, 0.1) is 0 Å². The molecular formula is C13H21BrN4O3. The van der Waals surface area contributed by atoms with Gasteiger partial charge in [0.1, 0.15) is 10.2 Å². The van der Waals surface area contributed by atoms with E-state index < -0.39 is 5.60 Å². The van der Waals surface area contributed by atoms with Gasteiger partial charge in [-0.1, -0.05) is 0 Å². The van der Waals surface area contributed by atoms with Gasteiger partial charge in [0.25, 0.3) is 0 Å². The zero-order valence-electron chi connectivity index (χ0n) is 12.1. The summed E-state index contributed by atoms with van der Waals surface area (Å²) in [4.78, 5) is 13.7. The Morgan fingerprint density at radius 2 is 2.33 bits per heavy atom. The van der Waals surface area contributed by atoms with E-state index in [1.807, 2.05) is 13.0 Å². The van der Waals surface area contributed by atoms with Crippen molar-refractivity contribution in [1.82, 2.24) is 20.4 Å². The quantitative estimate of drug-likeness (QED) is 0.735. The number of aliphatic hydroxyl groups is 1. The van der Waals surface area contributed by atoms with E-state index in [0.29, 0.717) is 32.5 Å². The van der Waals surface area contributed by atoms with Crippen LogP contribution >= 0.6 is 15.9 Å². The first-order valence-electron chi connectivity index (χ1n) is 7.10. The number of aromatic nitrogens is 2. The third-order valence-electron chi connectivity index (χ3n) is 3.69. The van der Waals surface area contributed by atoms with Crippen LogP contribution in [-0.4, -0.2) is 59.1 Å². The summed E-state index contributed by atoms with van der Waals surface area (Å²) < 4.78 is 6.62. The van der Waals surface area contributed by atoms with Crippen LogP contribution in [0.4, 0.5) is 4.79 Å². The number of nitrogens with zero attached hydrogens (tertiary/aromatic N) is 2. The highest BCUT2D eigenvalue weighted by Gasteiger charge is 2.39. The molecule has 2 amide bonds. The SMILES string of the molecule is CCNC(=O)N1CCC(OCCO)(c2cc(Br)n[nH]2)CC1. The Balaban J connectivity index is 2.08. The fourth-order valence-electron chi connectivity index (χ4n) is 2.60. The van der Waals surface area contributed by atoms with Crippen molar-refractivity contribution in [1.29, 1.82) is 0 Å². The Hall–Kier alpha value is -1.12. The highest BCUT2D eigenvalue weighted by Crippen LogP contribution is 2.36. The van der Waals surface area contributed by atoms with Gasteiger partial charge in [-0.3, -0.25) is 5.10 Å². The monoisotopic (exact) mass is 360 g/mol. The van der Waals surface area contributed by atoms with Gasteiger partial charge in [0.05, 0.1) is 18.9 Å². The standard InChI is InChI=1S/C13H21BrN4O3/c1-2-15-12(20)18-5-3-13(4-6-18,21-8-7-19)10-9-11(14)17-16-10/h9,19H,2-8H2,1H3,(H,15,20)(H,16,17). The number of halogens is 1. The molecule has 2 heterocycles. The number of ether oxygens (including phenoxy) is 1. The normalized spacial score (nSPS) is 17.8. The molecule has 0 radical (unpaired) electrons. The highest BCUT2D eigenvalue weighted by molar-refractivity contribution is 9.10. The first-order valence-corrected chi connectivity index (χ1v) is 7.89. The average molecular weight is 361 g/mol. The molecule has 7 nitrogen and oxygen atoms in total. The van der Waals surface area contributed by atoms with Gasteiger partial charge in [0.2, 0.25) is 0 Å². The molecule has 0 unspecified atom stereocenters. The van der Waals surface area contributed by atoms with Crippen LogP contribution in [-0.2, 0) is 10.3 Å². The molecule has 1 saturated heterocycles. The minimum Gasteiger partial charge on any atom is -0.394 e. The summed E-state index contributed by atoms with van der Waals surface area (Å²) >= 11 is 3.32. The van der Waals surface area contributed by atoms with Crippen LogP contribution in [0.25, 0.3) is 0 Å². The van der Waals surface area contributed by atoms with Crippen molar-refractivity contribution in [2.24, 2.45) is 0 Å². The maximum absolute atomic E-state index is 11.9. The lowest BCUT2D eigenvalue weighted by atomic mass is 9.88. The summed E-state index contributed by atoms with van der Waals surface area (Å²) in [6, 6.07) is 1.85. The maximum atomic E-state index is 11.9. The zero-order valence-corrected chi connectivity index (χ0v) is 13.6. The van der Waals surface area contributed by atoms with E-state index in [1.54, 1.807) is 4.90 Å². The van der Waals surface area contributed by atoms with E-state index in [9.17, 15) is 4.79 Å². The van der Waals surface area contributed by atoms with Gasteiger partial charge in [0, 0.05) is 19.6 Å². The molecule has 0 saturated carbocycles. The minimum atomic E-state index is -0.523. The summed E-state index contributed by atoms with van der Waals surface area (Å²) in [6.07, 6.45) is 1.33. The maximum Gasteiger partial charge on any atom is 0.317 e. The third-order valence-corrected chi connectivity index (χ3v) is 4.10. The summed E-state index contributed by atoms with van der Waals surface area (Å²) in [5.74, 6) is 0. The molecule has 1 aromatic heterocycles. The molecular weight excluding hydrogens is 340 g/mol. The number of aliphatic hydroxyl groups excluding tert-OH is 1. The van der Waals surface area contributed by atoms with Gasteiger partial charge in [-0.25, -0.2) is 4.79 Å². The van der Waals surface area contributed by atoms with Crippen molar-refractivity contribution in [3.8, 4) is 0 Å². The number of amides is 2. The Morgan fingerprint density at radius 1 is 1.62 bits per heavy atom. The lowest BCUT2D eigenvalue weighted by Gasteiger charge is -2.40. The molecule has 1 aromatic rings. The minimum absolute atomic E-state index is 0.0307. The Bertz CT molecular complexity index is 472. The summed E-state index contributed by atoms with van der Waals surface area (Å²) in [7, 11) is 0. The Morgan fingerprint density at radius 3 is 2.86 bits per heavy atom. The molecule has 0 spiro atoms. The van der Waals surface area contributed by atoms with Crippen LogP contribution in [0.5, 0.6) is 0 Å². The van der Waals surface area contributed by atoms with Crippen molar-refractivity contribution in [3.63, 3.8) is 0 Å². The number of nitrogens with one attached hydrogen (secondary N) is 2. The number of aromatic amines is 1. The Kier molecular flexibility index (Phi) is 5.60. The van der Waals surface area contributed by atoms with E-state index in [1.165, 1.54) is 0 Å². The average Bonchev–Trinajstić information content (AvgIpc) is 2.93. The second-order valence-corrected chi connectivity index (χ2v) is 5.81. The molecule has 0 bridgehead atoms. The largest absolute Gasteiger partial charge is 0.394 e. The number of carbonyl (C=O) groups excluding carboxylic acids is 1. The molecule has 1 aliphatic rings. The molecule has 0 atom stereocenters.